The van der Waals surface area contributed by atoms with Gasteiger partial charge in [0.05, 0.1) is 25.7 Å². The maximum absolute atomic E-state index is 12.5. The quantitative estimate of drug-likeness (QED) is 0.354. The van der Waals surface area contributed by atoms with E-state index in [-0.39, 0.29) is 23.4 Å². The van der Waals surface area contributed by atoms with Crippen LogP contribution in [-0.4, -0.2) is 41.6 Å². The molecule has 0 radical (unpaired) electrons. The molecule has 35 heavy (non-hydrogen) atoms. The number of benzene rings is 3. The average molecular weight is 498 g/mol. The lowest BCUT2D eigenvalue weighted by Crippen LogP contribution is -2.37. The van der Waals surface area contributed by atoms with E-state index in [1.807, 2.05) is 48.5 Å². The third-order valence-electron chi connectivity index (χ3n) is 5.61. The molecular weight excluding hydrogens is 466 g/mol. The number of carbonyl (C=O) groups excluding carboxylic acids is 1. The van der Waals surface area contributed by atoms with Gasteiger partial charge in [-0.15, -0.1) is 0 Å². The predicted octanol–water partition coefficient (Wildman–Crippen LogP) is 2.58. The number of nitrogens with one attached hydrogen (secondary N) is 2. The van der Waals surface area contributed by atoms with Gasteiger partial charge in [0.25, 0.3) is 0 Å². The number of primary sulfonamides is 1. The summed E-state index contributed by atoms with van der Waals surface area (Å²) in [5, 5.41) is 11.4. The molecule has 0 unspecified atom stereocenters. The van der Waals surface area contributed by atoms with Gasteiger partial charge in [0.2, 0.25) is 15.9 Å². The summed E-state index contributed by atoms with van der Waals surface area (Å²) < 4.78 is 33.2. The van der Waals surface area contributed by atoms with Crippen molar-refractivity contribution in [3.63, 3.8) is 0 Å². The first kappa shape index (κ1) is 26.2. The van der Waals surface area contributed by atoms with E-state index in [0.29, 0.717) is 19.4 Å². The second kappa shape index (κ2) is 12.3. The zero-order valence-electron chi connectivity index (χ0n) is 19.9. The number of sulfonamides is 1. The number of hydrogen-bond donors (Lipinski definition) is 3. The third kappa shape index (κ3) is 8.10. The van der Waals surface area contributed by atoms with Crippen molar-refractivity contribution >= 4 is 15.9 Å². The SMILES string of the molecule is COc1ccc(C[C@@H](NCC(=O)NCCc2ccc(S(N)(=O)=O)cc2)c2ccc(OC)cc2)cc1. The number of ether oxygens (including phenoxy) is 2. The van der Waals surface area contributed by atoms with Gasteiger partial charge in [0.15, 0.2) is 0 Å². The lowest BCUT2D eigenvalue weighted by atomic mass is 9.98. The molecule has 0 saturated carbocycles. The van der Waals surface area contributed by atoms with Gasteiger partial charge in [0.1, 0.15) is 11.5 Å². The Bertz CT molecular complexity index is 1200. The van der Waals surface area contributed by atoms with E-state index in [4.69, 9.17) is 14.6 Å². The van der Waals surface area contributed by atoms with Gasteiger partial charge < -0.3 is 20.1 Å². The van der Waals surface area contributed by atoms with Gasteiger partial charge in [-0.3, -0.25) is 4.79 Å². The van der Waals surface area contributed by atoms with Crippen molar-refractivity contribution < 1.29 is 22.7 Å². The number of amides is 1. The molecule has 4 N–H and O–H groups in total. The molecule has 0 spiro atoms. The molecule has 0 bridgehead atoms. The normalized spacial score (nSPS) is 12.1. The van der Waals surface area contributed by atoms with E-state index in [0.717, 1.165) is 28.2 Å². The lowest BCUT2D eigenvalue weighted by Gasteiger charge is -2.20. The Kier molecular flexibility index (Phi) is 9.25. The molecule has 8 nitrogen and oxygen atoms in total. The minimum absolute atomic E-state index is 0.0657. The fraction of sp³-hybridized carbons (Fsp3) is 0.269. The molecule has 0 aromatic heterocycles. The van der Waals surface area contributed by atoms with Gasteiger partial charge in [-0.05, 0) is 65.9 Å². The number of carbonyl (C=O) groups is 1. The molecule has 186 valence electrons. The molecule has 0 heterocycles. The highest BCUT2D eigenvalue weighted by molar-refractivity contribution is 7.89. The zero-order chi connectivity index (χ0) is 25.3. The summed E-state index contributed by atoms with van der Waals surface area (Å²) in [5.74, 6) is 1.44. The fourth-order valence-corrected chi connectivity index (χ4v) is 4.13. The molecule has 9 heteroatoms. The minimum atomic E-state index is -3.71. The Labute approximate surface area is 206 Å². The fourth-order valence-electron chi connectivity index (χ4n) is 3.61. The van der Waals surface area contributed by atoms with Gasteiger partial charge in [0, 0.05) is 12.6 Å². The highest BCUT2D eigenvalue weighted by Crippen LogP contribution is 2.22. The summed E-state index contributed by atoms with van der Waals surface area (Å²) in [6.07, 6.45) is 1.27. The Balaban J connectivity index is 1.56. The van der Waals surface area contributed by atoms with Crippen LogP contribution in [0.1, 0.15) is 22.7 Å². The zero-order valence-corrected chi connectivity index (χ0v) is 20.7. The van der Waals surface area contributed by atoms with E-state index >= 15 is 0 Å². The Morgan fingerprint density at radius 1 is 0.857 bits per heavy atom. The molecule has 3 rings (SSSR count). The summed E-state index contributed by atoms with van der Waals surface area (Å²) >= 11 is 0. The minimum Gasteiger partial charge on any atom is -0.497 e. The van der Waals surface area contributed by atoms with Crippen LogP contribution in [0.2, 0.25) is 0 Å². The molecule has 3 aromatic rings. The summed E-state index contributed by atoms with van der Waals surface area (Å²) in [6.45, 7) is 0.581. The molecule has 3 aromatic carbocycles. The number of hydrogen-bond acceptors (Lipinski definition) is 6. The van der Waals surface area contributed by atoms with E-state index in [2.05, 4.69) is 10.6 Å². The predicted molar refractivity (Wildman–Crippen MR) is 135 cm³/mol. The monoisotopic (exact) mass is 497 g/mol. The van der Waals surface area contributed by atoms with Crippen LogP contribution in [-0.2, 0) is 27.7 Å². The third-order valence-corrected chi connectivity index (χ3v) is 6.54. The Hall–Kier alpha value is -3.40. The van der Waals surface area contributed by atoms with Crippen LogP contribution in [0.3, 0.4) is 0 Å². The topological polar surface area (TPSA) is 120 Å². The second-order valence-electron chi connectivity index (χ2n) is 8.05. The Morgan fingerprint density at radius 3 is 1.94 bits per heavy atom. The molecule has 0 saturated heterocycles. The van der Waals surface area contributed by atoms with E-state index in [9.17, 15) is 13.2 Å². The molecule has 0 fully saturated rings. The summed E-state index contributed by atoms with van der Waals surface area (Å²) in [5.41, 5.74) is 3.06. The molecular formula is C26H31N3O5S. The summed E-state index contributed by atoms with van der Waals surface area (Å²) in [7, 11) is -0.454. The van der Waals surface area contributed by atoms with Gasteiger partial charge in [-0.25, -0.2) is 13.6 Å². The van der Waals surface area contributed by atoms with Crippen molar-refractivity contribution in [1.82, 2.24) is 10.6 Å². The second-order valence-corrected chi connectivity index (χ2v) is 9.61. The smallest absolute Gasteiger partial charge is 0.238 e. The van der Waals surface area contributed by atoms with Crippen LogP contribution in [0.4, 0.5) is 0 Å². The van der Waals surface area contributed by atoms with Crippen LogP contribution >= 0.6 is 0 Å². The standard InChI is InChI=1S/C26H31N3O5S/c1-33-22-9-3-20(4-10-22)17-25(21-7-11-23(34-2)12-8-21)29-18-26(30)28-16-15-19-5-13-24(14-6-19)35(27,31)32/h3-14,25,29H,15-18H2,1-2H3,(H,28,30)(H2,27,31,32)/t25-/m1/s1. The van der Waals surface area contributed by atoms with E-state index in [1.54, 1.807) is 26.4 Å². The first-order valence-electron chi connectivity index (χ1n) is 11.2. The Morgan fingerprint density at radius 2 is 1.40 bits per heavy atom. The highest BCUT2D eigenvalue weighted by Gasteiger charge is 2.14. The van der Waals surface area contributed by atoms with Crippen molar-refractivity contribution in [3.05, 3.63) is 89.5 Å². The van der Waals surface area contributed by atoms with Crippen LogP contribution in [0.15, 0.2) is 77.7 Å². The average Bonchev–Trinajstić information content (AvgIpc) is 2.87. The maximum atomic E-state index is 12.5. The van der Waals surface area contributed by atoms with Crippen molar-refractivity contribution in [2.24, 2.45) is 5.14 Å². The summed E-state index contributed by atoms with van der Waals surface area (Å²) in [6, 6.07) is 21.9. The van der Waals surface area contributed by atoms with Gasteiger partial charge in [-0.2, -0.15) is 0 Å². The molecule has 0 aliphatic heterocycles. The van der Waals surface area contributed by atoms with E-state index in [1.165, 1.54) is 12.1 Å². The van der Waals surface area contributed by atoms with E-state index < -0.39 is 10.0 Å². The molecule has 1 amide bonds. The van der Waals surface area contributed by atoms with Crippen LogP contribution in [0, 0.1) is 0 Å². The number of nitrogens with two attached hydrogens (primary N) is 1. The lowest BCUT2D eigenvalue weighted by molar-refractivity contribution is -0.120. The van der Waals surface area contributed by atoms with Crippen LogP contribution < -0.4 is 25.2 Å². The molecule has 1 atom stereocenters. The van der Waals surface area contributed by atoms with Crippen molar-refractivity contribution in [3.8, 4) is 11.5 Å². The summed E-state index contributed by atoms with van der Waals surface area (Å²) in [4.78, 5) is 12.6. The van der Waals surface area contributed by atoms with Gasteiger partial charge in [-0.1, -0.05) is 36.4 Å². The van der Waals surface area contributed by atoms with Gasteiger partial charge >= 0.3 is 0 Å². The number of rotatable bonds is 12. The van der Waals surface area contributed by atoms with Crippen molar-refractivity contribution in [2.75, 3.05) is 27.3 Å². The first-order chi connectivity index (χ1) is 16.8. The largest absolute Gasteiger partial charge is 0.497 e. The highest BCUT2D eigenvalue weighted by atomic mass is 32.2. The van der Waals surface area contributed by atoms with Crippen molar-refractivity contribution in [2.45, 2.75) is 23.8 Å². The van der Waals surface area contributed by atoms with Crippen molar-refractivity contribution in [1.29, 1.82) is 0 Å². The van der Waals surface area contributed by atoms with Crippen LogP contribution in [0.25, 0.3) is 0 Å². The maximum Gasteiger partial charge on any atom is 0.238 e. The first-order valence-corrected chi connectivity index (χ1v) is 12.7. The van der Waals surface area contributed by atoms with Crippen LogP contribution in [0.5, 0.6) is 11.5 Å². The molecule has 0 aliphatic rings. The molecule has 0 aliphatic carbocycles. The number of methoxy groups -OCH3 is 2.